The zero-order valence-electron chi connectivity index (χ0n) is 15.7. The molecule has 146 valence electrons. The first-order chi connectivity index (χ1) is 13.4. The van der Waals surface area contributed by atoms with Crippen molar-refractivity contribution < 1.29 is 9.59 Å². The van der Waals surface area contributed by atoms with Crippen molar-refractivity contribution in [1.29, 1.82) is 0 Å². The molecule has 1 spiro atoms. The van der Waals surface area contributed by atoms with Crippen LogP contribution in [0.15, 0.2) is 48.5 Å². The van der Waals surface area contributed by atoms with Crippen LogP contribution in [-0.4, -0.2) is 36.1 Å². The normalized spacial score (nSPS) is 20.9. The Bertz CT molecular complexity index is 868. The number of rotatable bonds is 6. The van der Waals surface area contributed by atoms with Gasteiger partial charge in [0.05, 0.1) is 6.54 Å². The second kappa shape index (κ2) is 7.98. The van der Waals surface area contributed by atoms with Gasteiger partial charge in [-0.05, 0) is 61.9 Å². The van der Waals surface area contributed by atoms with Gasteiger partial charge in [0.1, 0.15) is 0 Å². The minimum absolute atomic E-state index is 0.118. The third-order valence-corrected chi connectivity index (χ3v) is 6.73. The number of halogens is 2. The van der Waals surface area contributed by atoms with E-state index in [0.717, 1.165) is 37.9 Å². The van der Waals surface area contributed by atoms with E-state index >= 15 is 0 Å². The zero-order chi connectivity index (χ0) is 19.7. The highest BCUT2D eigenvalue weighted by atomic mass is 35.5. The summed E-state index contributed by atoms with van der Waals surface area (Å²) in [5.41, 5.74) is 1.66. The topological polar surface area (TPSA) is 37.4 Å². The molecule has 1 atom stereocenters. The highest BCUT2D eigenvalue weighted by Crippen LogP contribution is 2.61. The van der Waals surface area contributed by atoms with E-state index in [0.29, 0.717) is 34.5 Å². The molecule has 5 heteroatoms. The summed E-state index contributed by atoms with van der Waals surface area (Å²) in [6.45, 7) is 2.32. The van der Waals surface area contributed by atoms with Crippen molar-refractivity contribution in [2.75, 3.05) is 19.6 Å². The summed E-state index contributed by atoms with van der Waals surface area (Å²) in [6.07, 6.45) is 3.78. The van der Waals surface area contributed by atoms with E-state index in [-0.39, 0.29) is 17.0 Å². The first-order valence-corrected chi connectivity index (χ1v) is 10.5. The highest BCUT2D eigenvalue weighted by molar-refractivity contribution is 6.35. The van der Waals surface area contributed by atoms with Crippen LogP contribution >= 0.6 is 23.2 Å². The Morgan fingerprint density at radius 2 is 1.57 bits per heavy atom. The molecule has 0 aromatic heterocycles. The number of hydrogen-bond acceptors (Lipinski definition) is 3. The quantitative estimate of drug-likeness (QED) is 0.580. The minimum atomic E-state index is 0.118. The van der Waals surface area contributed by atoms with Gasteiger partial charge in [-0.1, -0.05) is 53.5 Å². The van der Waals surface area contributed by atoms with Crippen LogP contribution in [0.4, 0.5) is 0 Å². The third kappa shape index (κ3) is 4.32. The van der Waals surface area contributed by atoms with E-state index in [4.69, 9.17) is 23.2 Å². The minimum Gasteiger partial charge on any atom is -0.296 e. The first-order valence-electron chi connectivity index (χ1n) is 9.75. The van der Waals surface area contributed by atoms with Crippen molar-refractivity contribution >= 4 is 34.8 Å². The monoisotopic (exact) mass is 415 g/mol. The number of Topliss-reactive ketones (excluding diaryl/α,β-unsaturated/α-hetero) is 2. The van der Waals surface area contributed by atoms with E-state index in [1.165, 1.54) is 0 Å². The molecule has 0 amide bonds. The lowest BCUT2D eigenvalue weighted by Gasteiger charge is -2.32. The Hall–Kier alpha value is -1.68. The van der Waals surface area contributed by atoms with Crippen LogP contribution in [0.25, 0.3) is 0 Å². The van der Waals surface area contributed by atoms with E-state index < -0.39 is 0 Å². The molecule has 1 saturated carbocycles. The van der Waals surface area contributed by atoms with Crippen LogP contribution in [0.2, 0.25) is 10.0 Å². The molecular formula is C23H23Cl2NO2. The van der Waals surface area contributed by atoms with Crippen LogP contribution in [0.5, 0.6) is 0 Å². The van der Waals surface area contributed by atoms with Gasteiger partial charge in [-0.15, -0.1) is 0 Å². The summed E-state index contributed by atoms with van der Waals surface area (Å²) in [5.74, 6) is 0.731. The molecule has 1 saturated heterocycles. The second-order valence-electron chi connectivity index (χ2n) is 8.11. The van der Waals surface area contributed by atoms with Gasteiger partial charge >= 0.3 is 0 Å². The summed E-state index contributed by atoms with van der Waals surface area (Å²) < 4.78 is 0. The standard InChI is InChI=1S/C23H23Cl2NO2/c24-19-10-17(11-20(25)13-19)21(27)12-18-14-23(18)6-8-26(9-7-23)15-22(28)16-4-2-1-3-5-16/h1-5,10-11,13,18H,6-9,12,14-15H2/t18-/m0/s1. The van der Waals surface area contributed by atoms with Gasteiger partial charge in [-0.25, -0.2) is 0 Å². The third-order valence-electron chi connectivity index (χ3n) is 6.29. The van der Waals surface area contributed by atoms with Crippen molar-refractivity contribution in [2.45, 2.75) is 25.7 Å². The number of benzene rings is 2. The Morgan fingerprint density at radius 3 is 2.21 bits per heavy atom. The number of nitrogens with zero attached hydrogens (tertiary/aromatic N) is 1. The number of likely N-dealkylation sites (tertiary alicyclic amines) is 1. The molecule has 0 radical (unpaired) electrons. The van der Waals surface area contributed by atoms with Gasteiger partial charge in [0.15, 0.2) is 11.6 Å². The number of hydrogen-bond donors (Lipinski definition) is 0. The predicted octanol–water partition coefficient (Wildman–Crippen LogP) is 5.55. The van der Waals surface area contributed by atoms with Crippen molar-refractivity contribution in [2.24, 2.45) is 11.3 Å². The smallest absolute Gasteiger partial charge is 0.176 e. The molecule has 2 aromatic rings. The van der Waals surface area contributed by atoms with Gasteiger partial charge in [-0.2, -0.15) is 0 Å². The molecule has 1 aliphatic heterocycles. The Labute approximate surface area is 175 Å². The molecule has 28 heavy (non-hydrogen) atoms. The maximum atomic E-state index is 12.6. The summed E-state index contributed by atoms with van der Waals surface area (Å²) >= 11 is 12.0. The van der Waals surface area contributed by atoms with Crippen LogP contribution in [0, 0.1) is 11.3 Å². The zero-order valence-corrected chi connectivity index (χ0v) is 17.2. The van der Waals surface area contributed by atoms with Crippen molar-refractivity contribution in [3.05, 3.63) is 69.7 Å². The fourth-order valence-electron chi connectivity index (χ4n) is 4.46. The Morgan fingerprint density at radius 1 is 0.929 bits per heavy atom. The molecule has 0 bridgehead atoms. The maximum Gasteiger partial charge on any atom is 0.176 e. The van der Waals surface area contributed by atoms with Crippen LogP contribution in [0.1, 0.15) is 46.4 Å². The fraction of sp³-hybridized carbons (Fsp3) is 0.391. The maximum absolute atomic E-state index is 12.6. The molecule has 1 heterocycles. The number of carbonyl (C=O) groups excluding carboxylic acids is 2. The molecule has 0 unspecified atom stereocenters. The summed E-state index contributed by atoms with van der Waals surface area (Å²) in [6, 6.07) is 14.5. The first kappa shape index (κ1) is 19.6. The number of carbonyl (C=O) groups is 2. The lowest BCUT2D eigenvalue weighted by atomic mass is 9.88. The van der Waals surface area contributed by atoms with E-state index in [2.05, 4.69) is 4.90 Å². The van der Waals surface area contributed by atoms with Crippen molar-refractivity contribution in [3.8, 4) is 0 Å². The molecule has 2 fully saturated rings. The fourth-order valence-corrected chi connectivity index (χ4v) is 4.99. The SMILES string of the molecule is O=C(C[C@H]1CC12CCN(CC(=O)c1ccccc1)CC2)c1cc(Cl)cc(Cl)c1. The lowest BCUT2D eigenvalue weighted by molar-refractivity contribution is 0.0875. The summed E-state index contributed by atoms with van der Waals surface area (Å²) in [7, 11) is 0. The Balaban J connectivity index is 1.29. The summed E-state index contributed by atoms with van der Waals surface area (Å²) in [5, 5.41) is 0.996. The van der Waals surface area contributed by atoms with E-state index in [1.54, 1.807) is 18.2 Å². The highest BCUT2D eigenvalue weighted by Gasteiger charge is 2.54. The second-order valence-corrected chi connectivity index (χ2v) is 8.99. The average Bonchev–Trinajstić information content (AvgIpc) is 3.34. The molecule has 0 N–H and O–H groups in total. The van der Waals surface area contributed by atoms with Gasteiger partial charge in [-0.3, -0.25) is 14.5 Å². The molecule has 3 nitrogen and oxygen atoms in total. The van der Waals surface area contributed by atoms with Gasteiger partial charge < -0.3 is 0 Å². The van der Waals surface area contributed by atoms with Crippen LogP contribution in [0.3, 0.4) is 0 Å². The lowest BCUT2D eigenvalue weighted by Crippen LogP contribution is -2.38. The van der Waals surface area contributed by atoms with E-state index in [9.17, 15) is 9.59 Å². The van der Waals surface area contributed by atoms with Gasteiger partial charge in [0, 0.05) is 27.6 Å². The van der Waals surface area contributed by atoms with Gasteiger partial charge in [0.2, 0.25) is 0 Å². The van der Waals surface area contributed by atoms with Gasteiger partial charge in [0.25, 0.3) is 0 Å². The molecule has 1 aliphatic carbocycles. The van der Waals surface area contributed by atoms with Crippen molar-refractivity contribution in [3.63, 3.8) is 0 Å². The predicted molar refractivity (Wildman–Crippen MR) is 112 cm³/mol. The Kier molecular flexibility index (Phi) is 5.59. The number of ketones is 2. The van der Waals surface area contributed by atoms with E-state index in [1.807, 2.05) is 30.3 Å². The van der Waals surface area contributed by atoms with Crippen LogP contribution in [-0.2, 0) is 0 Å². The van der Waals surface area contributed by atoms with Crippen molar-refractivity contribution in [1.82, 2.24) is 4.90 Å². The van der Waals surface area contributed by atoms with Crippen LogP contribution < -0.4 is 0 Å². The molecular weight excluding hydrogens is 393 g/mol. The largest absolute Gasteiger partial charge is 0.296 e. The summed E-state index contributed by atoms with van der Waals surface area (Å²) in [4.78, 5) is 27.3. The molecule has 2 aromatic carbocycles. The molecule has 2 aliphatic rings. The average molecular weight is 416 g/mol. The number of piperidine rings is 1. The molecule has 4 rings (SSSR count).